The first-order valence-corrected chi connectivity index (χ1v) is 8.07. The molecule has 0 aliphatic carbocycles. The third-order valence-corrected chi connectivity index (χ3v) is 4.62. The topological polar surface area (TPSA) is 63.2 Å². The van der Waals surface area contributed by atoms with Crippen LogP contribution in [0.4, 0.5) is 0 Å². The number of hydrogen-bond donors (Lipinski definition) is 1. The van der Waals surface area contributed by atoms with Crippen LogP contribution in [0.15, 0.2) is 59.5 Å². The first-order chi connectivity index (χ1) is 9.90. The molecule has 1 unspecified atom stereocenters. The predicted octanol–water partition coefficient (Wildman–Crippen LogP) is 2.60. The Morgan fingerprint density at radius 3 is 2.14 bits per heavy atom. The molecule has 0 bridgehead atoms. The first kappa shape index (κ1) is 15.3. The fraction of sp³-hybridized carbons (Fsp3) is 0.188. The van der Waals surface area contributed by atoms with Crippen LogP contribution in [0.5, 0.6) is 0 Å². The average Bonchev–Trinajstić information content (AvgIpc) is 2.48. The van der Waals surface area contributed by atoms with Crippen LogP contribution < -0.4 is 4.72 Å². The van der Waals surface area contributed by atoms with Crippen LogP contribution in [0.1, 0.15) is 24.0 Å². The van der Waals surface area contributed by atoms with Crippen molar-refractivity contribution in [1.29, 1.82) is 0 Å². The normalized spacial score (nSPS) is 12.7. The van der Waals surface area contributed by atoms with Crippen LogP contribution in [0.25, 0.3) is 0 Å². The predicted molar refractivity (Wildman–Crippen MR) is 81.4 cm³/mol. The minimum Gasteiger partial charge on any atom is -0.273 e. The highest BCUT2D eigenvalue weighted by Crippen LogP contribution is 2.17. The lowest BCUT2D eigenvalue weighted by Crippen LogP contribution is -2.33. The number of aryl methyl sites for hydroxylation is 1. The number of sulfonamides is 1. The Labute approximate surface area is 124 Å². The molecule has 0 radical (unpaired) electrons. The molecule has 110 valence electrons. The second-order valence-electron chi connectivity index (χ2n) is 4.92. The lowest BCUT2D eigenvalue weighted by molar-refractivity contribution is -0.120. The third kappa shape index (κ3) is 3.70. The summed E-state index contributed by atoms with van der Waals surface area (Å²) in [6.07, 6.45) is 0. The maximum absolute atomic E-state index is 12.1. The fourth-order valence-corrected chi connectivity index (χ4v) is 2.96. The molecule has 2 aromatic carbocycles. The Morgan fingerprint density at radius 1 is 1.00 bits per heavy atom. The fourth-order valence-electron chi connectivity index (χ4n) is 1.89. The molecule has 1 N–H and O–H groups in total. The van der Waals surface area contributed by atoms with E-state index in [-0.39, 0.29) is 4.90 Å². The molecule has 0 saturated carbocycles. The summed E-state index contributed by atoms with van der Waals surface area (Å²) in [5, 5.41) is 0. The van der Waals surface area contributed by atoms with Crippen LogP contribution in [0.3, 0.4) is 0 Å². The number of carbonyl (C=O) groups is 1. The van der Waals surface area contributed by atoms with E-state index in [4.69, 9.17) is 0 Å². The van der Waals surface area contributed by atoms with Crippen molar-refractivity contribution < 1.29 is 13.2 Å². The molecule has 0 aromatic heterocycles. The van der Waals surface area contributed by atoms with E-state index < -0.39 is 21.8 Å². The molecule has 0 fully saturated rings. The standard InChI is InChI=1S/C16H17NO3S/c1-12-8-10-14(11-9-12)13(2)16(18)17-21(19,20)15-6-4-3-5-7-15/h3-11,13H,1-2H3,(H,17,18). The van der Waals surface area contributed by atoms with Crippen LogP contribution in [-0.4, -0.2) is 14.3 Å². The number of rotatable bonds is 4. The lowest BCUT2D eigenvalue weighted by Gasteiger charge is -2.13. The number of nitrogens with one attached hydrogen (secondary N) is 1. The van der Waals surface area contributed by atoms with Crippen molar-refractivity contribution in [2.75, 3.05) is 0 Å². The van der Waals surface area contributed by atoms with Gasteiger partial charge in [0.1, 0.15) is 0 Å². The second-order valence-corrected chi connectivity index (χ2v) is 6.60. The van der Waals surface area contributed by atoms with Gasteiger partial charge in [-0.3, -0.25) is 4.79 Å². The Balaban J connectivity index is 2.16. The highest BCUT2D eigenvalue weighted by Gasteiger charge is 2.22. The number of hydrogen-bond acceptors (Lipinski definition) is 3. The van der Waals surface area contributed by atoms with Gasteiger partial charge < -0.3 is 0 Å². The van der Waals surface area contributed by atoms with Crippen molar-refractivity contribution in [3.8, 4) is 0 Å². The van der Waals surface area contributed by atoms with E-state index >= 15 is 0 Å². The van der Waals surface area contributed by atoms with Gasteiger partial charge in [-0.15, -0.1) is 0 Å². The lowest BCUT2D eigenvalue weighted by atomic mass is 10.00. The number of benzene rings is 2. The molecule has 0 heterocycles. The maximum Gasteiger partial charge on any atom is 0.264 e. The van der Waals surface area contributed by atoms with E-state index in [9.17, 15) is 13.2 Å². The molecule has 2 rings (SSSR count). The summed E-state index contributed by atoms with van der Waals surface area (Å²) in [6, 6.07) is 15.3. The molecule has 1 amide bonds. The van der Waals surface area contributed by atoms with Crippen molar-refractivity contribution >= 4 is 15.9 Å². The van der Waals surface area contributed by atoms with Gasteiger partial charge in [-0.1, -0.05) is 48.0 Å². The minimum atomic E-state index is -3.82. The molecule has 0 aliphatic rings. The smallest absolute Gasteiger partial charge is 0.264 e. The van der Waals surface area contributed by atoms with Crippen molar-refractivity contribution in [2.24, 2.45) is 0 Å². The highest BCUT2D eigenvalue weighted by molar-refractivity contribution is 7.90. The van der Waals surface area contributed by atoms with Crippen molar-refractivity contribution in [2.45, 2.75) is 24.7 Å². The van der Waals surface area contributed by atoms with Gasteiger partial charge >= 0.3 is 0 Å². The summed E-state index contributed by atoms with van der Waals surface area (Å²) in [4.78, 5) is 12.2. The molecular weight excluding hydrogens is 286 g/mol. The first-order valence-electron chi connectivity index (χ1n) is 6.58. The number of carbonyl (C=O) groups excluding carboxylic acids is 1. The zero-order chi connectivity index (χ0) is 15.5. The van der Waals surface area contributed by atoms with Gasteiger partial charge in [-0.05, 0) is 31.5 Å². The van der Waals surface area contributed by atoms with Gasteiger partial charge in [-0.2, -0.15) is 0 Å². The molecule has 1 atom stereocenters. The number of amides is 1. The van der Waals surface area contributed by atoms with E-state index in [1.54, 1.807) is 25.1 Å². The van der Waals surface area contributed by atoms with Gasteiger partial charge in [0, 0.05) is 0 Å². The van der Waals surface area contributed by atoms with E-state index in [1.165, 1.54) is 12.1 Å². The zero-order valence-electron chi connectivity index (χ0n) is 11.9. The summed E-state index contributed by atoms with van der Waals surface area (Å²) in [7, 11) is -3.82. The molecule has 4 nitrogen and oxygen atoms in total. The largest absolute Gasteiger partial charge is 0.273 e. The van der Waals surface area contributed by atoms with Gasteiger partial charge in [-0.25, -0.2) is 13.1 Å². The van der Waals surface area contributed by atoms with Gasteiger partial charge in [0.2, 0.25) is 5.91 Å². The van der Waals surface area contributed by atoms with Crippen molar-refractivity contribution in [3.05, 3.63) is 65.7 Å². The monoisotopic (exact) mass is 303 g/mol. The second kappa shape index (κ2) is 6.10. The third-order valence-electron chi connectivity index (χ3n) is 3.26. The van der Waals surface area contributed by atoms with Gasteiger partial charge in [0.05, 0.1) is 10.8 Å². The summed E-state index contributed by atoms with van der Waals surface area (Å²) >= 11 is 0. The Hall–Kier alpha value is -2.14. The van der Waals surface area contributed by atoms with Crippen LogP contribution in [-0.2, 0) is 14.8 Å². The highest BCUT2D eigenvalue weighted by atomic mass is 32.2. The maximum atomic E-state index is 12.1. The Morgan fingerprint density at radius 2 is 1.57 bits per heavy atom. The molecule has 2 aromatic rings. The summed E-state index contributed by atoms with van der Waals surface area (Å²) in [6.45, 7) is 3.63. The van der Waals surface area contributed by atoms with Crippen molar-refractivity contribution in [1.82, 2.24) is 4.72 Å². The van der Waals surface area contributed by atoms with Crippen LogP contribution in [0.2, 0.25) is 0 Å². The Bertz CT molecular complexity index is 722. The van der Waals surface area contributed by atoms with Gasteiger partial charge in [0.15, 0.2) is 0 Å². The molecule has 5 heteroatoms. The summed E-state index contributed by atoms with van der Waals surface area (Å²) < 4.78 is 26.3. The molecule has 0 aliphatic heterocycles. The van der Waals surface area contributed by atoms with Crippen LogP contribution in [0, 0.1) is 6.92 Å². The molecule has 0 spiro atoms. The SMILES string of the molecule is Cc1ccc(C(C)C(=O)NS(=O)(=O)c2ccccc2)cc1. The van der Waals surface area contributed by atoms with E-state index in [2.05, 4.69) is 4.72 Å². The molecule has 21 heavy (non-hydrogen) atoms. The summed E-state index contributed by atoms with van der Waals surface area (Å²) in [5.41, 5.74) is 1.87. The molecular formula is C16H17NO3S. The quantitative estimate of drug-likeness (QED) is 0.944. The van der Waals surface area contributed by atoms with Crippen molar-refractivity contribution in [3.63, 3.8) is 0 Å². The van der Waals surface area contributed by atoms with Gasteiger partial charge in [0.25, 0.3) is 10.0 Å². The van der Waals surface area contributed by atoms with Crippen LogP contribution >= 0.6 is 0 Å². The Kier molecular flexibility index (Phi) is 4.43. The van der Waals surface area contributed by atoms with E-state index in [0.717, 1.165) is 11.1 Å². The minimum absolute atomic E-state index is 0.0782. The summed E-state index contributed by atoms with van der Waals surface area (Å²) in [5.74, 6) is -1.08. The average molecular weight is 303 g/mol. The molecule has 0 saturated heterocycles. The van der Waals surface area contributed by atoms with E-state index in [1.807, 2.05) is 31.2 Å². The zero-order valence-corrected chi connectivity index (χ0v) is 12.7. The van der Waals surface area contributed by atoms with E-state index in [0.29, 0.717) is 0 Å².